The predicted molar refractivity (Wildman–Crippen MR) is 43.5 cm³/mol. The van der Waals surface area contributed by atoms with Crippen LogP contribution in [0.15, 0.2) is 0 Å². The van der Waals surface area contributed by atoms with Gasteiger partial charge in [-0.05, 0) is 0 Å². The second kappa shape index (κ2) is 3.64. The van der Waals surface area contributed by atoms with Gasteiger partial charge in [-0.2, -0.15) is 0 Å². The Balaban J connectivity index is 2.76. The summed E-state index contributed by atoms with van der Waals surface area (Å²) in [6, 6.07) is 0. The van der Waals surface area contributed by atoms with Crippen molar-refractivity contribution in [3.8, 4) is 0 Å². The van der Waals surface area contributed by atoms with E-state index in [2.05, 4.69) is 0 Å². The van der Waals surface area contributed by atoms with Gasteiger partial charge in [-0.3, -0.25) is 0 Å². The first-order valence-electron chi connectivity index (χ1n) is 4.05. The van der Waals surface area contributed by atoms with Crippen LogP contribution >= 0.6 is 0 Å². The van der Waals surface area contributed by atoms with Crippen LogP contribution < -0.4 is 0 Å². The molecule has 68 valence electrons. The van der Waals surface area contributed by atoms with Gasteiger partial charge < -0.3 is 0 Å². The summed E-state index contributed by atoms with van der Waals surface area (Å²) >= 11 is -3.20. The van der Waals surface area contributed by atoms with Gasteiger partial charge in [0.1, 0.15) is 0 Å². The van der Waals surface area contributed by atoms with Gasteiger partial charge in [-0.1, -0.05) is 0 Å². The molecule has 0 amide bonds. The summed E-state index contributed by atoms with van der Waals surface area (Å²) in [6.45, 7) is 3.82. The van der Waals surface area contributed by atoms with Crippen LogP contribution in [0, 0.1) is 0 Å². The van der Waals surface area contributed by atoms with E-state index in [1.54, 1.807) is 0 Å². The fourth-order valence-corrected chi connectivity index (χ4v) is 7.14. The summed E-state index contributed by atoms with van der Waals surface area (Å²) in [4.78, 5) is 21.9. The van der Waals surface area contributed by atoms with Crippen LogP contribution in [-0.2, 0) is 15.7 Å². The van der Waals surface area contributed by atoms with Crippen molar-refractivity contribution in [2.75, 3.05) is 0 Å². The van der Waals surface area contributed by atoms with Crippen molar-refractivity contribution in [1.29, 1.82) is 0 Å². The van der Waals surface area contributed by atoms with E-state index in [1.807, 2.05) is 13.8 Å². The molecule has 5 heteroatoms. The third-order valence-corrected chi connectivity index (χ3v) is 11.5. The topological polar surface area (TPSA) is 52.6 Å². The molecule has 1 heterocycles. The molecule has 0 N–H and O–H groups in total. The number of hydrogen-bond acceptors (Lipinski definition) is 4. The zero-order chi connectivity index (χ0) is 9.19. The first-order chi connectivity index (χ1) is 5.62. The Labute approximate surface area is 76.2 Å². The maximum atomic E-state index is 10.9. The average molecular weight is 279 g/mol. The van der Waals surface area contributed by atoms with Crippen molar-refractivity contribution in [2.45, 2.75) is 29.1 Å². The van der Waals surface area contributed by atoms with Crippen molar-refractivity contribution in [1.82, 2.24) is 0 Å². The second-order valence-corrected chi connectivity index (χ2v) is 13.1. The van der Waals surface area contributed by atoms with Gasteiger partial charge in [0.15, 0.2) is 0 Å². The van der Waals surface area contributed by atoms with E-state index in [0.717, 1.165) is 0 Å². The summed E-state index contributed by atoms with van der Waals surface area (Å²) < 4.78 is 11.8. The molecule has 12 heavy (non-hydrogen) atoms. The van der Waals surface area contributed by atoms with Crippen LogP contribution in [0.3, 0.4) is 0 Å². The van der Waals surface area contributed by atoms with Gasteiger partial charge in [-0.25, -0.2) is 0 Å². The standard InChI is InChI=1S/C3H4O4.2C2H5.Sn/c4-2(5)1-3(6)7;2*1-2;/h1H2,(H,4,5)(H,6,7);2*1H2,2H3;/q;;;+2/p-2. The number of carbonyl (C=O) groups excluding carboxylic acids is 2. The number of hydrogen-bond donors (Lipinski definition) is 0. The Morgan fingerprint density at radius 2 is 1.58 bits per heavy atom. The molecule has 0 saturated carbocycles. The fraction of sp³-hybridized carbons (Fsp3) is 0.714. The summed E-state index contributed by atoms with van der Waals surface area (Å²) in [7, 11) is 0. The first-order valence-corrected chi connectivity index (χ1v) is 10.4. The minimum atomic E-state index is -3.20. The summed E-state index contributed by atoms with van der Waals surface area (Å²) in [5, 5.41) is 0. The molecule has 0 spiro atoms. The summed E-state index contributed by atoms with van der Waals surface area (Å²) in [5.74, 6) is -0.795. The molecule has 1 rings (SSSR count). The Morgan fingerprint density at radius 3 is 1.92 bits per heavy atom. The van der Waals surface area contributed by atoms with Gasteiger partial charge in [0.25, 0.3) is 0 Å². The molecule has 0 bridgehead atoms. The van der Waals surface area contributed by atoms with E-state index in [9.17, 15) is 9.59 Å². The second-order valence-electron chi connectivity index (χ2n) is 2.74. The molecule has 4 nitrogen and oxygen atoms in total. The molecule has 0 aromatic carbocycles. The zero-order valence-corrected chi connectivity index (χ0v) is 10.1. The third kappa shape index (κ3) is 1.91. The van der Waals surface area contributed by atoms with Crippen molar-refractivity contribution in [3.05, 3.63) is 0 Å². The van der Waals surface area contributed by atoms with Crippen LogP contribution in [0.1, 0.15) is 20.3 Å². The minimum absolute atomic E-state index is 0.210. The molecule has 1 aliphatic heterocycles. The predicted octanol–water partition coefficient (Wildman–Crippen LogP) is 0.958. The molecule has 0 aliphatic carbocycles. The monoisotopic (exact) mass is 280 g/mol. The van der Waals surface area contributed by atoms with E-state index in [-0.39, 0.29) is 6.42 Å². The average Bonchev–Trinajstić information content (AvgIpc) is 2.02. The molecule has 1 aliphatic rings. The SMILES string of the molecule is C[CH2][Sn]1([CH2]C)[O]C(=O)CC(=O)[O]1. The fourth-order valence-electron chi connectivity index (χ4n) is 1.16. The van der Waals surface area contributed by atoms with Gasteiger partial charge in [0.2, 0.25) is 0 Å². The van der Waals surface area contributed by atoms with Gasteiger partial charge >= 0.3 is 76.0 Å². The zero-order valence-electron chi connectivity index (χ0n) is 7.25. The van der Waals surface area contributed by atoms with Gasteiger partial charge in [0.05, 0.1) is 0 Å². The molecule has 0 aromatic rings. The van der Waals surface area contributed by atoms with E-state index in [0.29, 0.717) is 8.87 Å². The van der Waals surface area contributed by atoms with Crippen LogP contribution in [-0.4, -0.2) is 31.1 Å². The van der Waals surface area contributed by atoms with E-state index in [4.69, 9.17) is 6.15 Å². The summed E-state index contributed by atoms with van der Waals surface area (Å²) in [6.07, 6.45) is -0.210. The van der Waals surface area contributed by atoms with Gasteiger partial charge in [0, 0.05) is 0 Å². The van der Waals surface area contributed by atoms with Crippen LogP contribution in [0.2, 0.25) is 8.87 Å². The molecule has 0 atom stereocenters. The van der Waals surface area contributed by atoms with Gasteiger partial charge in [-0.15, -0.1) is 0 Å². The number of carbonyl (C=O) groups is 2. The maximum absolute atomic E-state index is 10.9. The summed E-state index contributed by atoms with van der Waals surface area (Å²) in [5.41, 5.74) is 0. The molecule has 0 aromatic heterocycles. The Kier molecular flexibility index (Phi) is 2.98. The van der Waals surface area contributed by atoms with E-state index >= 15 is 0 Å². The van der Waals surface area contributed by atoms with E-state index < -0.39 is 31.1 Å². The van der Waals surface area contributed by atoms with E-state index in [1.165, 1.54) is 0 Å². The Hall–Kier alpha value is -0.261. The number of rotatable bonds is 2. The Morgan fingerprint density at radius 1 is 1.17 bits per heavy atom. The van der Waals surface area contributed by atoms with Crippen LogP contribution in [0.4, 0.5) is 0 Å². The Bertz CT molecular complexity index is 191. The molecular weight excluding hydrogens is 267 g/mol. The third-order valence-electron chi connectivity index (χ3n) is 1.97. The van der Waals surface area contributed by atoms with Crippen LogP contribution in [0.5, 0.6) is 0 Å². The van der Waals surface area contributed by atoms with Crippen molar-refractivity contribution in [3.63, 3.8) is 0 Å². The molecule has 0 radical (unpaired) electrons. The quantitative estimate of drug-likeness (QED) is 0.558. The van der Waals surface area contributed by atoms with Crippen LogP contribution in [0.25, 0.3) is 0 Å². The van der Waals surface area contributed by atoms with Crippen molar-refractivity contribution < 1.29 is 15.7 Å². The molecule has 1 fully saturated rings. The molecule has 1 saturated heterocycles. The van der Waals surface area contributed by atoms with Crippen molar-refractivity contribution in [2.24, 2.45) is 0 Å². The molecular formula is C7H12O4Sn. The van der Waals surface area contributed by atoms with Crippen molar-refractivity contribution >= 4 is 31.1 Å². The normalized spacial score (nSPS) is 21.5. The first kappa shape index (κ1) is 9.82. The molecule has 0 unspecified atom stereocenters.